The monoisotopic (exact) mass is 306 g/mol. The molecule has 1 aliphatic rings. The van der Waals surface area contributed by atoms with Gasteiger partial charge in [-0.25, -0.2) is 0 Å². The van der Waals surface area contributed by atoms with E-state index in [1.54, 1.807) is 0 Å². The van der Waals surface area contributed by atoms with Crippen molar-refractivity contribution in [3.05, 3.63) is 34.5 Å². The summed E-state index contributed by atoms with van der Waals surface area (Å²) in [6.45, 7) is 3.33. The maximum atomic E-state index is 12.5. The largest absolute Gasteiger partial charge is 0.376 e. The summed E-state index contributed by atoms with van der Waals surface area (Å²) in [6, 6.07) is 5.70. The van der Waals surface area contributed by atoms with Crippen LogP contribution in [-0.4, -0.2) is 29.7 Å². The predicted molar refractivity (Wildman–Crippen MR) is 84.0 cm³/mol. The highest BCUT2D eigenvalue weighted by molar-refractivity contribution is 6.31. The van der Waals surface area contributed by atoms with E-state index in [0.717, 1.165) is 35.9 Å². The highest BCUT2D eigenvalue weighted by Gasteiger charge is 2.21. The summed E-state index contributed by atoms with van der Waals surface area (Å²) in [5, 5.41) is 4.68. The van der Waals surface area contributed by atoms with Crippen LogP contribution >= 0.6 is 11.6 Å². The van der Waals surface area contributed by atoms with Crippen LogP contribution in [0.25, 0.3) is 10.9 Å². The number of nitrogens with one attached hydrogen (secondary N) is 1. The number of rotatable bonds is 3. The van der Waals surface area contributed by atoms with Crippen molar-refractivity contribution in [2.45, 2.75) is 25.9 Å². The first-order chi connectivity index (χ1) is 10.1. The third kappa shape index (κ3) is 2.65. The predicted octanol–water partition coefficient (Wildman–Crippen LogP) is 3.05. The quantitative estimate of drug-likeness (QED) is 0.947. The molecule has 0 saturated carbocycles. The van der Waals surface area contributed by atoms with Gasteiger partial charge >= 0.3 is 0 Å². The molecule has 21 heavy (non-hydrogen) atoms. The first-order valence-corrected chi connectivity index (χ1v) is 7.60. The van der Waals surface area contributed by atoms with Crippen molar-refractivity contribution in [1.29, 1.82) is 0 Å². The summed E-state index contributed by atoms with van der Waals surface area (Å²) in [7, 11) is 1.91. The van der Waals surface area contributed by atoms with Crippen molar-refractivity contribution in [3.8, 4) is 0 Å². The number of amides is 1. The second kappa shape index (κ2) is 5.70. The zero-order valence-corrected chi connectivity index (χ0v) is 13.0. The maximum Gasteiger partial charge on any atom is 0.268 e. The molecular formula is C16H19ClN2O2. The third-order valence-corrected chi connectivity index (χ3v) is 4.38. The molecule has 2 heterocycles. The number of hydrogen-bond acceptors (Lipinski definition) is 2. The molecule has 1 saturated heterocycles. The Balaban J connectivity index is 1.86. The Labute approximate surface area is 129 Å². The van der Waals surface area contributed by atoms with Crippen molar-refractivity contribution in [1.82, 2.24) is 9.88 Å². The molecule has 0 radical (unpaired) electrons. The molecule has 1 N–H and O–H groups in total. The summed E-state index contributed by atoms with van der Waals surface area (Å²) in [5.74, 6) is -0.0576. The van der Waals surface area contributed by atoms with Gasteiger partial charge in [0.2, 0.25) is 0 Å². The molecule has 4 nitrogen and oxygen atoms in total. The molecule has 5 heteroatoms. The molecule has 1 aromatic heterocycles. The Bertz CT molecular complexity index is 687. The number of aryl methyl sites for hydroxylation is 2. The number of hydrogen-bond donors (Lipinski definition) is 1. The fraction of sp³-hybridized carbons (Fsp3) is 0.438. The second-order valence-corrected chi connectivity index (χ2v) is 5.98. The molecule has 2 aromatic rings. The van der Waals surface area contributed by atoms with E-state index >= 15 is 0 Å². The van der Waals surface area contributed by atoms with Gasteiger partial charge in [-0.2, -0.15) is 0 Å². The first kappa shape index (κ1) is 14.4. The number of benzene rings is 1. The van der Waals surface area contributed by atoms with E-state index in [0.29, 0.717) is 17.3 Å². The molecule has 112 valence electrons. The number of fused-ring (bicyclic) bond motifs is 1. The maximum absolute atomic E-state index is 12.5. The van der Waals surface area contributed by atoms with Crippen LogP contribution in [0.15, 0.2) is 18.2 Å². The number of nitrogens with zero attached hydrogens (tertiary/aromatic N) is 1. The van der Waals surface area contributed by atoms with Crippen LogP contribution in [0.1, 0.15) is 28.9 Å². The highest BCUT2D eigenvalue weighted by Crippen LogP contribution is 2.27. The van der Waals surface area contributed by atoms with E-state index in [9.17, 15) is 4.79 Å². The molecule has 0 aliphatic carbocycles. The van der Waals surface area contributed by atoms with Gasteiger partial charge in [0.15, 0.2) is 0 Å². The van der Waals surface area contributed by atoms with E-state index < -0.39 is 0 Å². The van der Waals surface area contributed by atoms with Crippen LogP contribution in [0, 0.1) is 6.92 Å². The average molecular weight is 307 g/mol. The van der Waals surface area contributed by atoms with Crippen molar-refractivity contribution in [2.24, 2.45) is 7.05 Å². The summed E-state index contributed by atoms with van der Waals surface area (Å²) < 4.78 is 7.46. The van der Waals surface area contributed by atoms with Gasteiger partial charge in [0.05, 0.1) is 6.10 Å². The first-order valence-electron chi connectivity index (χ1n) is 7.22. The van der Waals surface area contributed by atoms with Crippen LogP contribution in [0.5, 0.6) is 0 Å². The van der Waals surface area contributed by atoms with E-state index in [4.69, 9.17) is 16.3 Å². The normalized spacial score (nSPS) is 18.3. The second-order valence-electron chi connectivity index (χ2n) is 5.54. The van der Waals surface area contributed by atoms with Gasteiger partial charge < -0.3 is 14.6 Å². The van der Waals surface area contributed by atoms with Gasteiger partial charge in [-0.05, 0) is 43.5 Å². The van der Waals surface area contributed by atoms with Crippen LogP contribution in [0.4, 0.5) is 0 Å². The average Bonchev–Trinajstić information content (AvgIpc) is 3.05. The lowest BCUT2D eigenvalue weighted by Crippen LogP contribution is -2.33. The van der Waals surface area contributed by atoms with E-state index in [1.165, 1.54) is 0 Å². The minimum Gasteiger partial charge on any atom is -0.376 e. The summed E-state index contributed by atoms with van der Waals surface area (Å²) in [6.07, 6.45) is 2.24. The van der Waals surface area contributed by atoms with E-state index in [1.807, 2.05) is 36.7 Å². The molecule has 1 fully saturated rings. The van der Waals surface area contributed by atoms with E-state index in [2.05, 4.69) is 5.32 Å². The lowest BCUT2D eigenvalue weighted by Gasteiger charge is -2.12. The standard InChI is InChI=1S/C16H19ClN2O2/c1-10-13-8-11(17)5-6-14(13)19(2)15(10)16(20)18-9-12-4-3-7-21-12/h5-6,8,12H,3-4,7,9H2,1-2H3,(H,18,20)/t12-/m0/s1. The van der Waals surface area contributed by atoms with Gasteiger partial charge in [-0.3, -0.25) is 4.79 Å². The molecule has 1 aromatic carbocycles. The number of ether oxygens (including phenoxy) is 1. The summed E-state index contributed by atoms with van der Waals surface area (Å²) in [5.41, 5.74) is 2.66. The van der Waals surface area contributed by atoms with Crippen LogP contribution in [0.2, 0.25) is 5.02 Å². The Kier molecular flexibility index (Phi) is 3.91. The molecule has 1 aliphatic heterocycles. The highest BCUT2D eigenvalue weighted by atomic mass is 35.5. The van der Waals surface area contributed by atoms with Crippen molar-refractivity contribution in [3.63, 3.8) is 0 Å². The van der Waals surface area contributed by atoms with Crippen molar-refractivity contribution < 1.29 is 9.53 Å². The van der Waals surface area contributed by atoms with Gasteiger partial charge in [-0.15, -0.1) is 0 Å². The van der Waals surface area contributed by atoms with Crippen molar-refractivity contribution in [2.75, 3.05) is 13.2 Å². The number of carbonyl (C=O) groups excluding carboxylic acids is 1. The Hall–Kier alpha value is -1.52. The van der Waals surface area contributed by atoms with Gasteiger partial charge in [0.1, 0.15) is 5.69 Å². The van der Waals surface area contributed by atoms with E-state index in [-0.39, 0.29) is 12.0 Å². The van der Waals surface area contributed by atoms with Crippen LogP contribution < -0.4 is 5.32 Å². The summed E-state index contributed by atoms with van der Waals surface area (Å²) >= 11 is 6.05. The molecule has 1 atom stereocenters. The zero-order valence-electron chi connectivity index (χ0n) is 12.3. The Morgan fingerprint density at radius 3 is 3.05 bits per heavy atom. The van der Waals surface area contributed by atoms with Crippen LogP contribution in [-0.2, 0) is 11.8 Å². The number of aromatic nitrogens is 1. The molecular weight excluding hydrogens is 288 g/mol. The Morgan fingerprint density at radius 1 is 1.52 bits per heavy atom. The molecule has 0 bridgehead atoms. The van der Waals surface area contributed by atoms with Crippen LogP contribution in [0.3, 0.4) is 0 Å². The van der Waals surface area contributed by atoms with Crippen molar-refractivity contribution >= 4 is 28.4 Å². The topological polar surface area (TPSA) is 43.3 Å². The van der Waals surface area contributed by atoms with Gasteiger partial charge in [0.25, 0.3) is 5.91 Å². The van der Waals surface area contributed by atoms with Gasteiger partial charge in [-0.1, -0.05) is 11.6 Å². The molecule has 0 spiro atoms. The molecule has 1 amide bonds. The lowest BCUT2D eigenvalue weighted by molar-refractivity contribution is 0.0851. The Morgan fingerprint density at radius 2 is 2.33 bits per heavy atom. The minimum atomic E-state index is -0.0576. The number of carbonyl (C=O) groups is 1. The molecule has 0 unspecified atom stereocenters. The SMILES string of the molecule is Cc1c(C(=O)NC[C@@H]2CCCO2)n(C)c2ccc(Cl)cc12. The third-order valence-electron chi connectivity index (χ3n) is 4.14. The smallest absolute Gasteiger partial charge is 0.268 e. The van der Waals surface area contributed by atoms with Gasteiger partial charge in [0, 0.05) is 36.1 Å². The zero-order chi connectivity index (χ0) is 15.0. The minimum absolute atomic E-state index is 0.0576. The summed E-state index contributed by atoms with van der Waals surface area (Å²) in [4.78, 5) is 12.5. The molecule has 3 rings (SSSR count). The lowest BCUT2D eigenvalue weighted by atomic mass is 10.1. The number of halogens is 1. The fourth-order valence-electron chi connectivity index (χ4n) is 3.02. The fourth-order valence-corrected chi connectivity index (χ4v) is 3.19.